The lowest BCUT2D eigenvalue weighted by Gasteiger charge is -2.33. The molecule has 1 aliphatic heterocycles. The van der Waals surface area contributed by atoms with Crippen LogP contribution >= 0.6 is 0 Å². The van der Waals surface area contributed by atoms with Crippen LogP contribution in [0.4, 0.5) is 17.6 Å². The Labute approximate surface area is 192 Å². The van der Waals surface area contributed by atoms with Crippen molar-refractivity contribution in [2.24, 2.45) is 0 Å². The molecule has 1 amide bonds. The molecule has 1 fully saturated rings. The Kier molecular flexibility index (Phi) is 6.32. The molecule has 3 aromatic rings. The van der Waals surface area contributed by atoms with Gasteiger partial charge in [0.05, 0.1) is 10.6 Å². The van der Waals surface area contributed by atoms with Gasteiger partial charge in [0.1, 0.15) is 11.6 Å². The molecule has 0 atom stereocenters. The third kappa shape index (κ3) is 5.20. The fourth-order valence-electron chi connectivity index (χ4n) is 3.43. The molecule has 13 heteroatoms. The number of carbonyl (C=O) groups is 1. The molecule has 8 nitrogen and oxygen atoms in total. The fourth-order valence-corrected chi connectivity index (χ4v) is 4.85. The van der Waals surface area contributed by atoms with Crippen LogP contribution in [0.1, 0.15) is 10.5 Å². The van der Waals surface area contributed by atoms with Crippen molar-refractivity contribution in [2.45, 2.75) is 11.3 Å². The van der Waals surface area contributed by atoms with Crippen molar-refractivity contribution in [3.63, 3.8) is 0 Å². The molecule has 0 N–H and O–H groups in total. The number of sulfonamides is 1. The monoisotopic (exact) mass is 498 g/mol. The number of hydrogen-bond acceptors (Lipinski definition) is 5. The van der Waals surface area contributed by atoms with E-state index in [0.29, 0.717) is 5.69 Å². The molecule has 0 unspecified atom stereocenters. The highest BCUT2D eigenvalue weighted by Crippen LogP contribution is 2.25. The zero-order valence-electron chi connectivity index (χ0n) is 17.4. The molecular weight excluding hydrogens is 480 g/mol. The number of nitrogens with zero attached hydrogens (tertiary/aromatic N) is 4. The van der Waals surface area contributed by atoms with E-state index in [-0.39, 0.29) is 42.7 Å². The third-order valence-electron chi connectivity index (χ3n) is 5.12. The number of rotatable bonds is 5. The van der Waals surface area contributed by atoms with E-state index in [2.05, 4.69) is 9.84 Å². The molecule has 2 aromatic carbocycles. The summed E-state index contributed by atoms with van der Waals surface area (Å²) in [6, 6.07) is 11.0. The average molecular weight is 498 g/mol. The van der Waals surface area contributed by atoms with Gasteiger partial charge in [0.15, 0.2) is 5.69 Å². The van der Waals surface area contributed by atoms with Gasteiger partial charge in [-0.1, -0.05) is 0 Å². The maximum atomic E-state index is 13.1. The van der Waals surface area contributed by atoms with Gasteiger partial charge in [0.25, 0.3) is 5.91 Å². The number of ether oxygens (including phenoxy) is 1. The molecule has 0 bridgehead atoms. The summed E-state index contributed by atoms with van der Waals surface area (Å²) in [4.78, 5) is 14.1. The van der Waals surface area contributed by atoms with Crippen molar-refractivity contribution in [1.29, 1.82) is 0 Å². The molecule has 2 heterocycles. The molecule has 1 aromatic heterocycles. The Hall–Kier alpha value is -3.45. The number of carbonyl (C=O) groups excluding carboxylic acids is 1. The SMILES string of the molecule is O=C(c1ccn(-c2ccc(F)cc2)n1)N1CCN(S(=O)(=O)c2ccc(OC(F)(F)F)cc2)CC1. The second kappa shape index (κ2) is 9.06. The number of hydrogen-bond donors (Lipinski definition) is 0. The summed E-state index contributed by atoms with van der Waals surface area (Å²) in [7, 11) is -3.96. The van der Waals surface area contributed by atoms with Gasteiger partial charge in [0, 0.05) is 32.4 Å². The van der Waals surface area contributed by atoms with Gasteiger partial charge in [0.2, 0.25) is 10.0 Å². The Morgan fingerprint density at radius 2 is 1.53 bits per heavy atom. The van der Waals surface area contributed by atoms with Gasteiger partial charge in [-0.05, 0) is 54.6 Å². The Balaban J connectivity index is 1.39. The summed E-state index contributed by atoms with van der Waals surface area (Å²) in [5.74, 6) is -1.31. The van der Waals surface area contributed by atoms with Crippen LogP contribution in [0, 0.1) is 5.82 Å². The first-order chi connectivity index (χ1) is 16.0. The van der Waals surface area contributed by atoms with E-state index in [0.717, 1.165) is 28.6 Å². The maximum Gasteiger partial charge on any atom is 0.573 e. The van der Waals surface area contributed by atoms with Crippen LogP contribution in [0.3, 0.4) is 0 Å². The van der Waals surface area contributed by atoms with Crippen molar-refractivity contribution in [2.75, 3.05) is 26.2 Å². The normalized spacial score (nSPS) is 15.4. The molecule has 0 saturated carbocycles. The van der Waals surface area contributed by atoms with Crippen LogP contribution in [-0.4, -0.2) is 65.9 Å². The van der Waals surface area contributed by atoms with Crippen molar-refractivity contribution in [3.8, 4) is 11.4 Å². The first-order valence-corrected chi connectivity index (χ1v) is 11.4. The standard InChI is InChI=1S/C21H18F4N4O4S/c22-15-1-3-16(4-2-15)29-10-9-19(26-29)20(30)27-11-13-28(14-12-27)34(31,32)18-7-5-17(6-8-18)33-21(23,24)25/h1-10H,11-14H2. The minimum atomic E-state index is -4.88. The van der Waals surface area contributed by atoms with Gasteiger partial charge in [-0.2, -0.15) is 9.40 Å². The van der Waals surface area contributed by atoms with Crippen LogP contribution in [0.25, 0.3) is 5.69 Å². The zero-order valence-corrected chi connectivity index (χ0v) is 18.3. The lowest BCUT2D eigenvalue weighted by Crippen LogP contribution is -2.50. The molecule has 1 saturated heterocycles. The van der Waals surface area contributed by atoms with E-state index >= 15 is 0 Å². The topological polar surface area (TPSA) is 84.7 Å². The summed E-state index contributed by atoms with van der Waals surface area (Å²) in [6.45, 7) is 0.231. The number of halogens is 4. The molecule has 180 valence electrons. The van der Waals surface area contributed by atoms with Gasteiger partial charge >= 0.3 is 6.36 Å². The van der Waals surface area contributed by atoms with Crippen molar-refractivity contribution < 1.29 is 35.5 Å². The highest BCUT2D eigenvalue weighted by Gasteiger charge is 2.33. The smallest absolute Gasteiger partial charge is 0.406 e. The molecule has 0 radical (unpaired) electrons. The summed E-state index contributed by atoms with van der Waals surface area (Å²) < 4.78 is 82.0. The first-order valence-electron chi connectivity index (χ1n) is 10.00. The van der Waals surface area contributed by atoms with E-state index in [9.17, 15) is 30.8 Å². The van der Waals surface area contributed by atoms with Crippen LogP contribution in [0.15, 0.2) is 65.7 Å². The van der Waals surface area contributed by atoms with E-state index in [1.54, 1.807) is 6.20 Å². The van der Waals surface area contributed by atoms with Crippen LogP contribution in [0.5, 0.6) is 5.75 Å². The second-order valence-electron chi connectivity index (χ2n) is 7.34. The van der Waals surface area contributed by atoms with Crippen LogP contribution < -0.4 is 4.74 Å². The van der Waals surface area contributed by atoms with Gasteiger partial charge < -0.3 is 9.64 Å². The van der Waals surface area contributed by atoms with Crippen molar-refractivity contribution in [3.05, 3.63) is 72.3 Å². The van der Waals surface area contributed by atoms with Crippen molar-refractivity contribution >= 4 is 15.9 Å². The summed E-state index contributed by atoms with van der Waals surface area (Å²) in [6.07, 6.45) is -3.31. The maximum absolute atomic E-state index is 13.1. The first kappa shape index (κ1) is 23.7. The lowest BCUT2D eigenvalue weighted by molar-refractivity contribution is -0.274. The molecule has 4 rings (SSSR count). The van der Waals surface area contributed by atoms with Crippen LogP contribution in [-0.2, 0) is 10.0 Å². The minimum absolute atomic E-state index is 0.00749. The summed E-state index contributed by atoms with van der Waals surface area (Å²) in [5.41, 5.74) is 0.726. The van der Waals surface area contributed by atoms with E-state index in [1.165, 1.54) is 39.9 Å². The van der Waals surface area contributed by atoms with Crippen LogP contribution in [0.2, 0.25) is 0 Å². The van der Waals surface area contributed by atoms with E-state index in [1.807, 2.05) is 0 Å². The predicted octanol–water partition coefficient (Wildman–Crippen LogP) is 3.06. The number of amides is 1. The molecule has 34 heavy (non-hydrogen) atoms. The summed E-state index contributed by atoms with van der Waals surface area (Å²) in [5, 5.41) is 4.21. The zero-order chi connectivity index (χ0) is 24.5. The average Bonchev–Trinajstić information content (AvgIpc) is 3.29. The van der Waals surface area contributed by atoms with E-state index < -0.39 is 28.0 Å². The van der Waals surface area contributed by atoms with E-state index in [4.69, 9.17) is 0 Å². The number of benzene rings is 2. The molecular formula is C21H18F4N4O4S. The van der Waals surface area contributed by atoms with Gasteiger partial charge in [-0.25, -0.2) is 17.5 Å². The highest BCUT2D eigenvalue weighted by atomic mass is 32.2. The van der Waals surface area contributed by atoms with Gasteiger partial charge in [-0.15, -0.1) is 13.2 Å². The Morgan fingerprint density at radius 3 is 2.12 bits per heavy atom. The molecule has 0 spiro atoms. The van der Waals surface area contributed by atoms with Gasteiger partial charge in [-0.3, -0.25) is 4.79 Å². The fraction of sp³-hybridized carbons (Fsp3) is 0.238. The molecule has 1 aliphatic rings. The third-order valence-corrected chi connectivity index (χ3v) is 7.03. The quantitative estimate of drug-likeness (QED) is 0.505. The second-order valence-corrected chi connectivity index (χ2v) is 9.28. The summed E-state index contributed by atoms with van der Waals surface area (Å²) >= 11 is 0. The lowest BCUT2D eigenvalue weighted by atomic mass is 10.3. The predicted molar refractivity (Wildman–Crippen MR) is 111 cm³/mol. The number of piperazine rings is 1. The Morgan fingerprint density at radius 1 is 0.912 bits per heavy atom. The Bertz CT molecular complexity index is 1270. The number of aromatic nitrogens is 2. The highest BCUT2D eigenvalue weighted by molar-refractivity contribution is 7.89. The molecule has 0 aliphatic carbocycles. The largest absolute Gasteiger partial charge is 0.573 e. The number of alkyl halides is 3. The van der Waals surface area contributed by atoms with Crippen molar-refractivity contribution in [1.82, 2.24) is 19.0 Å². The minimum Gasteiger partial charge on any atom is -0.406 e.